The van der Waals surface area contributed by atoms with Crippen molar-refractivity contribution in [3.63, 3.8) is 0 Å². The molecular weight excluding hydrogens is 126 g/mol. The highest BCUT2D eigenvalue weighted by Gasteiger charge is 1.88. The van der Waals surface area contributed by atoms with Crippen molar-refractivity contribution in [1.82, 2.24) is 9.97 Å². The van der Waals surface area contributed by atoms with Gasteiger partial charge in [0.15, 0.2) is 6.07 Å². The molecule has 0 spiro atoms. The molecule has 0 aliphatic heterocycles. The molecule has 0 saturated carbocycles. The first-order chi connectivity index (χ1) is 4.83. The Morgan fingerprint density at radius 3 is 3.00 bits per heavy atom. The molecule has 0 bridgehead atoms. The third-order valence-corrected chi connectivity index (χ3v) is 0.956. The molecule has 0 fully saturated rings. The molecule has 1 N–H and O–H groups in total. The molecule has 0 amide bonds. The van der Waals surface area contributed by atoms with Crippen molar-refractivity contribution in [1.29, 1.82) is 5.26 Å². The van der Waals surface area contributed by atoms with Crippen molar-refractivity contribution in [3.05, 3.63) is 17.7 Å². The average Bonchev–Trinajstić information content (AvgIpc) is 2.31. The molecule has 1 heterocycles. The largest absolute Gasteiger partial charge is 0.336 e. The van der Waals surface area contributed by atoms with Crippen LogP contribution >= 0.6 is 0 Å². The molecule has 0 aromatic carbocycles. The topological polar surface area (TPSA) is 52.5 Å². The second-order valence-electron chi connectivity index (χ2n) is 1.74. The summed E-state index contributed by atoms with van der Waals surface area (Å²) in [5.41, 5.74) is 0.680. The number of H-pyrrole nitrogens is 1. The highest BCUT2D eigenvalue weighted by atomic mass is 14.9. The lowest BCUT2D eigenvalue weighted by atomic mass is 10.5. The smallest absolute Gasteiger partial charge is 0.152 e. The maximum atomic E-state index is 8.08. The zero-order chi connectivity index (χ0) is 7.40. The van der Waals surface area contributed by atoms with E-state index < -0.39 is 0 Å². The quantitative estimate of drug-likeness (QED) is 0.524. The lowest BCUT2D eigenvalue weighted by molar-refractivity contribution is 1.14. The minimum absolute atomic E-state index is 0.680. The highest BCUT2D eigenvalue weighted by Crippen LogP contribution is 1.91. The zero-order valence-corrected chi connectivity index (χ0v) is 5.47. The van der Waals surface area contributed by atoms with Crippen molar-refractivity contribution >= 4 is 0 Å². The Kier molecular flexibility index (Phi) is 1.72. The summed E-state index contributed by atoms with van der Waals surface area (Å²) in [6.45, 7) is 1.83. The number of hydrogen-bond acceptors (Lipinski definition) is 2. The lowest BCUT2D eigenvalue weighted by Crippen LogP contribution is -1.72. The fraction of sp³-hybridized carbons (Fsp3) is 0.143. The molecule has 0 aliphatic carbocycles. The summed E-state index contributed by atoms with van der Waals surface area (Å²) in [4.78, 5) is 6.78. The molecule has 1 aromatic rings. The van der Waals surface area contributed by atoms with Crippen LogP contribution in [-0.4, -0.2) is 9.97 Å². The second-order valence-corrected chi connectivity index (χ2v) is 1.74. The molecule has 0 saturated heterocycles. The third kappa shape index (κ3) is 1.37. The van der Waals surface area contributed by atoms with E-state index in [1.807, 2.05) is 6.92 Å². The lowest BCUT2D eigenvalue weighted by Gasteiger charge is -1.75. The van der Waals surface area contributed by atoms with Crippen LogP contribution in [0.1, 0.15) is 11.5 Å². The van der Waals surface area contributed by atoms with Crippen LogP contribution < -0.4 is 0 Å². The number of rotatable bonds is 0. The van der Waals surface area contributed by atoms with Crippen LogP contribution in [0.5, 0.6) is 0 Å². The van der Waals surface area contributed by atoms with Gasteiger partial charge in [0.1, 0.15) is 11.5 Å². The molecule has 0 radical (unpaired) electrons. The summed E-state index contributed by atoms with van der Waals surface area (Å²) in [7, 11) is 0. The molecule has 3 heteroatoms. The van der Waals surface area contributed by atoms with Crippen molar-refractivity contribution in [2.24, 2.45) is 0 Å². The standard InChI is InChI=1S/C7H5N3/c1-6-9-5-7(10-6)3-2-4-8/h5H,1H3,(H,9,10). The molecule has 0 atom stereocenters. The van der Waals surface area contributed by atoms with Crippen molar-refractivity contribution < 1.29 is 0 Å². The Bertz CT molecular complexity index is 319. The van der Waals surface area contributed by atoms with Gasteiger partial charge < -0.3 is 4.98 Å². The van der Waals surface area contributed by atoms with Gasteiger partial charge in [-0.2, -0.15) is 5.26 Å². The molecular formula is C7H5N3. The maximum absolute atomic E-state index is 8.08. The Labute approximate surface area is 58.7 Å². The Balaban J connectivity index is 2.89. The van der Waals surface area contributed by atoms with E-state index >= 15 is 0 Å². The van der Waals surface area contributed by atoms with Crippen LogP contribution in [0, 0.1) is 30.1 Å². The number of hydrogen-bond donors (Lipinski definition) is 1. The third-order valence-electron chi connectivity index (χ3n) is 0.956. The molecule has 0 aliphatic rings. The van der Waals surface area contributed by atoms with E-state index in [1.54, 1.807) is 12.3 Å². The number of nitrogens with one attached hydrogen (secondary N) is 1. The number of aryl methyl sites for hydroxylation is 1. The van der Waals surface area contributed by atoms with Crippen LogP contribution in [0.25, 0.3) is 0 Å². The van der Waals surface area contributed by atoms with Crippen LogP contribution in [-0.2, 0) is 0 Å². The first-order valence-corrected chi connectivity index (χ1v) is 2.74. The second kappa shape index (κ2) is 2.70. The Morgan fingerprint density at radius 1 is 1.70 bits per heavy atom. The van der Waals surface area contributed by atoms with Crippen LogP contribution in [0.2, 0.25) is 0 Å². The van der Waals surface area contributed by atoms with Gasteiger partial charge in [0, 0.05) is 5.92 Å². The van der Waals surface area contributed by atoms with E-state index in [9.17, 15) is 0 Å². The number of aromatic amines is 1. The number of aromatic nitrogens is 2. The van der Waals surface area contributed by atoms with Gasteiger partial charge in [-0.25, -0.2) is 4.98 Å². The van der Waals surface area contributed by atoms with E-state index in [4.69, 9.17) is 5.26 Å². The maximum Gasteiger partial charge on any atom is 0.152 e. The fourth-order valence-electron chi connectivity index (χ4n) is 0.580. The van der Waals surface area contributed by atoms with Gasteiger partial charge in [0.2, 0.25) is 0 Å². The monoisotopic (exact) mass is 131 g/mol. The van der Waals surface area contributed by atoms with Gasteiger partial charge in [-0.1, -0.05) is 0 Å². The molecule has 1 rings (SSSR count). The van der Waals surface area contributed by atoms with Gasteiger partial charge in [-0.05, 0) is 12.8 Å². The van der Waals surface area contributed by atoms with Crippen molar-refractivity contribution in [3.8, 4) is 17.9 Å². The van der Waals surface area contributed by atoms with E-state index in [1.165, 1.54) is 0 Å². The average molecular weight is 131 g/mol. The predicted octanol–water partition coefficient (Wildman–Crippen LogP) is 0.593. The highest BCUT2D eigenvalue weighted by molar-refractivity contribution is 5.31. The normalized spacial score (nSPS) is 7.60. The molecule has 48 valence electrons. The van der Waals surface area contributed by atoms with E-state index in [0.29, 0.717) is 5.69 Å². The summed E-state index contributed by atoms with van der Waals surface area (Å²) in [5, 5.41) is 8.08. The van der Waals surface area contributed by atoms with Gasteiger partial charge in [-0.15, -0.1) is 0 Å². The number of nitrogens with zero attached hydrogens (tertiary/aromatic N) is 2. The predicted molar refractivity (Wildman–Crippen MR) is 35.8 cm³/mol. The zero-order valence-electron chi connectivity index (χ0n) is 5.47. The van der Waals surface area contributed by atoms with Crippen LogP contribution in [0.15, 0.2) is 6.20 Å². The summed E-state index contributed by atoms with van der Waals surface area (Å²) >= 11 is 0. The molecule has 3 nitrogen and oxygen atoms in total. The van der Waals surface area contributed by atoms with Crippen LogP contribution in [0.3, 0.4) is 0 Å². The number of nitriles is 1. The number of imidazole rings is 1. The summed E-state index contributed by atoms with van der Waals surface area (Å²) < 4.78 is 0. The molecule has 1 aromatic heterocycles. The minimum atomic E-state index is 0.680. The summed E-state index contributed by atoms with van der Waals surface area (Å²) in [5.74, 6) is 5.66. The summed E-state index contributed by atoms with van der Waals surface area (Å²) in [6.07, 6.45) is 1.60. The van der Waals surface area contributed by atoms with Crippen molar-refractivity contribution in [2.75, 3.05) is 0 Å². The minimum Gasteiger partial charge on any atom is -0.336 e. The van der Waals surface area contributed by atoms with Gasteiger partial charge in [0.05, 0.1) is 6.20 Å². The van der Waals surface area contributed by atoms with E-state index in [-0.39, 0.29) is 0 Å². The Morgan fingerprint density at radius 2 is 2.50 bits per heavy atom. The van der Waals surface area contributed by atoms with Gasteiger partial charge >= 0.3 is 0 Å². The first kappa shape index (κ1) is 6.38. The van der Waals surface area contributed by atoms with Gasteiger partial charge in [-0.3, -0.25) is 0 Å². The Hall–Kier alpha value is -1.74. The fourth-order valence-corrected chi connectivity index (χ4v) is 0.580. The SMILES string of the molecule is Cc1ncc(C#CC#N)[nH]1. The summed E-state index contributed by atoms with van der Waals surface area (Å²) in [6, 6.07) is 1.72. The first-order valence-electron chi connectivity index (χ1n) is 2.74. The molecule has 0 unspecified atom stereocenters. The van der Waals surface area contributed by atoms with Gasteiger partial charge in [0.25, 0.3) is 0 Å². The van der Waals surface area contributed by atoms with Crippen molar-refractivity contribution in [2.45, 2.75) is 6.92 Å². The van der Waals surface area contributed by atoms with Crippen LogP contribution in [0.4, 0.5) is 0 Å². The van der Waals surface area contributed by atoms with E-state index in [2.05, 4.69) is 21.8 Å². The molecule has 10 heavy (non-hydrogen) atoms. The van der Waals surface area contributed by atoms with E-state index in [0.717, 1.165) is 5.82 Å².